The van der Waals surface area contributed by atoms with Gasteiger partial charge in [-0.15, -0.1) is 0 Å². The van der Waals surface area contributed by atoms with Gasteiger partial charge < -0.3 is 4.90 Å². The van der Waals surface area contributed by atoms with Crippen molar-refractivity contribution in [3.63, 3.8) is 0 Å². The second-order valence-corrected chi connectivity index (χ2v) is 4.12. The van der Waals surface area contributed by atoms with E-state index in [9.17, 15) is 9.18 Å². The molecule has 0 aliphatic carbocycles. The predicted octanol–water partition coefficient (Wildman–Crippen LogP) is 2.45. The normalized spacial score (nSPS) is 10.9. The van der Waals surface area contributed by atoms with Gasteiger partial charge in [0.2, 0.25) is 0 Å². The van der Waals surface area contributed by atoms with Crippen LogP contribution in [0.3, 0.4) is 0 Å². The van der Waals surface area contributed by atoms with Crippen LogP contribution in [0.25, 0.3) is 0 Å². The van der Waals surface area contributed by atoms with Crippen LogP contribution < -0.4 is 0 Å². The van der Waals surface area contributed by atoms with Gasteiger partial charge >= 0.3 is 0 Å². The van der Waals surface area contributed by atoms with Crippen LogP contribution in [-0.2, 0) is 0 Å². The lowest BCUT2D eigenvalue weighted by molar-refractivity contribution is 0.0724. The minimum atomic E-state index is -0.585. The van der Waals surface area contributed by atoms with E-state index in [2.05, 4.69) is 24.0 Å². The molecule has 0 saturated carbocycles. The lowest BCUT2D eigenvalue weighted by Gasteiger charge is -2.24. The number of rotatable bonds is 6. The molecule has 0 unspecified atom stereocenters. The standard InChI is InChI=1S/C12H20FN3O/c1-4-9(5-2)8-16(6-3)12(17)11-10(13)7-14-15-11/h7,9H,4-6,8H2,1-3H3,(H,14,15). The Kier molecular flexibility index (Phi) is 5.12. The molecule has 1 amide bonds. The number of hydrogen-bond donors (Lipinski definition) is 1. The molecule has 0 atom stereocenters. The van der Waals surface area contributed by atoms with Gasteiger partial charge in [0, 0.05) is 13.1 Å². The van der Waals surface area contributed by atoms with Crippen LogP contribution in [0.15, 0.2) is 6.20 Å². The molecule has 0 saturated heterocycles. The Labute approximate surface area is 101 Å². The third kappa shape index (κ3) is 3.28. The highest BCUT2D eigenvalue weighted by Crippen LogP contribution is 2.13. The fraction of sp³-hybridized carbons (Fsp3) is 0.667. The Morgan fingerprint density at radius 1 is 1.47 bits per heavy atom. The summed E-state index contributed by atoms with van der Waals surface area (Å²) in [5, 5.41) is 5.94. The van der Waals surface area contributed by atoms with E-state index >= 15 is 0 Å². The first-order valence-corrected chi connectivity index (χ1v) is 6.12. The molecule has 0 spiro atoms. The maximum absolute atomic E-state index is 13.3. The van der Waals surface area contributed by atoms with Crippen molar-refractivity contribution in [1.82, 2.24) is 15.1 Å². The molecule has 0 fully saturated rings. The van der Waals surface area contributed by atoms with Crippen LogP contribution in [-0.4, -0.2) is 34.1 Å². The average Bonchev–Trinajstić information content (AvgIpc) is 2.76. The fourth-order valence-corrected chi connectivity index (χ4v) is 1.79. The molecule has 96 valence electrons. The molecule has 1 heterocycles. The summed E-state index contributed by atoms with van der Waals surface area (Å²) in [6.07, 6.45) is 3.07. The van der Waals surface area contributed by atoms with Gasteiger partial charge in [-0.3, -0.25) is 9.89 Å². The maximum Gasteiger partial charge on any atom is 0.274 e. The second-order valence-electron chi connectivity index (χ2n) is 4.12. The topological polar surface area (TPSA) is 49.0 Å². The number of hydrogen-bond acceptors (Lipinski definition) is 2. The SMILES string of the molecule is CCC(CC)CN(CC)C(=O)c1[nH]ncc1F. The Morgan fingerprint density at radius 3 is 2.53 bits per heavy atom. The summed E-state index contributed by atoms with van der Waals surface area (Å²) in [4.78, 5) is 13.7. The molecular formula is C12H20FN3O. The number of amides is 1. The van der Waals surface area contributed by atoms with Crippen molar-refractivity contribution in [3.8, 4) is 0 Å². The van der Waals surface area contributed by atoms with Crippen LogP contribution in [0.5, 0.6) is 0 Å². The summed E-state index contributed by atoms with van der Waals surface area (Å²) in [7, 11) is 0. The summed E-state index contributed by atoms with van der Waals surface area (Å²) in [6, 6.07) is 0. The fourth-order valence-electron chi connectivity index (χ4n) is 1.79. The molecule has 1 aromatic heterocycles. The summed E-state index contributed by atoms with van der Waals surface area (Å²) < 4.78 is 13.3. The second kappa shape index (κ2) is 6.37. The van der Waals surface area contributed by atoms with E-state index in [1.165, 1.54) is 0 Å². The van der Waals surface area contributed by atoms with E-state index in [1.807, 2.05) is 6.92 Å². The molecule has 1 aromatic rings. The first-order valence-electron chi connectivity index (χ1n) is 6.12. The highest BCUT2D eigenvalue weighted by Gasteiger charge is 2.21. The van der Waals surface area contributed by atoms with Crippen LogP contribution in [0.4, 0.5) is 4.39 Å². The number of H-pyrrole nitrogens is 1. The minimum Gasteiger partial charge on any atom is -0.337 e. The summed E-state index contributed by atoms with van der Waals surface area (Å²) >= 11 is 0. The lowest BCUT2D eigenvalue weighted by atomic mass is 10.0. The van der Waals surface area contributed by atoms with Crippen molar-refractivity contribution in [3.05, 3.63) is 17.7 Å². The van der Waals surface area contributed by atoms with Crippen molar-refractivity contribution < 1.29 is 9.18 Å². The van der Waals surface area contributed by atoms with Gasteiger partial charge in [0.15, 0.2) is 11.5 Å². The van der Waals surface area contributed by atoms with E-state index in [1.54, 1.807) is 4.90 Å². The molecule has 5 heteroatoms. The highest BCUT2D eigenvalue weighted by atomic mass is 19.1. The Morgan fingerprint density at radius 2 is 2.12 bits per heavy atom. The van der Waals surface area contributed by atoms with Crippen molar-refractivity contribution in [1.29, 1.82) is 0 Å². The highest BCUT2D eigenvalue weighted by molar-refractivity contribution is 5.92. The van der Waals surface area contributed by atoms with Crippen LogP contribution in [0.1, 0.15) is 44.1 Å². The van der Waals surface area contributed by atoms with Gasteiger partial charge in [-0.25, -0.2) is 4.39 Å². The van der Waals surface area contributed by atoms with E-state index in [4.69, 9.17) is 0 Å². The van der Waals surface area contributed by atoms with Crippen molar-refractivity contribution in [2.24, 2.45) is 5.92 Å². The van der Waals surface area contributed by atoms with E-state index in [0.29, 0.717) is 19.0 Å². The third-order valence-corrected chi connectivity index (χ3v) is 3.11. The average molecular weight is 241 g/mol. The number of aromatic nitrogens is 2. The van der Waals surface area contributed by atoms with Gasteiger partial charge in [0.25, 0.3) is 5.91 Å². The summed E-state index contributed by atoms with van der Waals surface area (Å²) in [5.41, 5.74) is -0.0437. The molecule has 0 aliphatic rings. The largest absolute Gasteiger partial charge is 0.337 e. The Bertz CT molecular complexity index is 360. The molecule has 0 radical (unpaired) electrons. The number of nitrogens with zero attached hydrogens (tertiary/aromatic N) is 2. The number of aromatic amines is 1. The van der Waals surface area contributed by atoms with Crippen molar-refractivity contribution in [2.75, 3.05) is 13.1 Å². The van der Waals surface area contributed by atoms with Crippen LogP contribution in [0, 0.1) is 11.7 Å². The molecule has 0 bridgehead atoms. The maximum atomic E-state index is 13.3. The first-order chi connectivity index (χ1) is 8.13. The van der Waals surface area contributed by atoms with Gasteiger partial charge in [-0.1, -0.05) is 26.7 Å². The van der Waals surface area contributed by atoms with Gasteiger partial charge in [0.1, 0.15) is 0 Å². The van der Waals surface area contributed by atoms with E-state index < -0.39 is 5.82 Å². The first kappa shape index (κ1) is 13.7. The van der Waals surface area contributed by atoms with Crippen LogP contribution in [0.2, 0.25) is 0 Å². The molecular weight excluding hydrogens is 221 g/mol. The van der Waals surface area contributed by atoms with Crippen molar-refractivity contribution >= 4 is 5.91 Å². The molecule has 17 heavy (non-hydrogen) atoms. The van der Waals surface area contributed by atoms with Gasteiger partial charge in [-0.2, -0.15) is 5.10 Å². The Hall–Kier alpha value is -1.39. The lowest BCUT2D eigenvalue weighted by Crippen LogP contribution is -2.35. The molecule has 1 N–H and O–H groups in total. The quantitative estimate of drug-likeness (QED) is 0.831. The van der Waals surface area contributed by atoms with Crippen LogP contribution >= 0.6 is 0 Å². The van der Waals surface area contributed by atoms with E-state index in [0.717, 1.165) is 19.0 Å². The monoisotopic (exact) mass is 241 g/mol. The van der Waals surface area contributed by atoms with Crippen molar-refractivity contribution in [2.45, 2.75) is 33.6 Å². The predicted molar refractivity (Wildman–Crippen MR) is 64.2 cm³/mol. The van der Waals surface area contributed by atoms with Gasteiger partial charge in [0.05, 0.1) is 6.20 Å². The zero-order valence-electron chi connectivity index (χ0n) is 10.7. The summed E-state index contributed by atoms with van der Waals surface area (Å²) in [6.45, 7) is 7.34. The van der Waals surface area contributed by atoms with E-state index in [-0.39, 0.29) is 11.6 Å². The molecule has 0 aliphatic heterocycles. The summed E-state index contributed by atoms with van der Waals surface area (Å²) in [5.74, 6) is -0.433. The zero-order chi connectivity index (χ0) is 12.8. The zero-order valence-corrected chi connectivity index (χ0v) is 10.7. The molecule has 1 rings (SSSR count). The number of nitrogens with one attached hydrogen (secondary N) is 1. The number of halogens is 1. The number of carbonyl (C=O) groups excluding carboxylic acids is 1. The molecule has 4 nitrogen and oxygen atoms in total. The molecule has 0 aromatic carbocycles. The third-order valence-electron chi connectivity index (χ3n) is 3.11. The minimum absolute atomic E-state index is 0.0437. The number of carbonyl (C=O) groups is 1. The smallest absolute Gasteiger partial charge is 0.274 e. The Balaban J connectivity index is 2.74. The van der Waals surface area contributed by atoms with Gasteiger partial charge in [-0.05, 0) is 12.8 Å².